The van der Waals surface area contributed by atoms with Gasteiger partial charge in [0.2, 0.25) is 0 Å². The van der Waals surface area contributed by atoms with Crippen LogP contribution >= 0.6 is 11.3 Å². The third kappa shape index (κ3) is 5.64. The second kappa shape index (κ2) is 10.1. The number of rotatable bonds is 6. The number of benzene rings is 1. The highest BCUT2D eigenvalue weighted by Crippen LogP contribution is 2.50. The van der Waals surface area contributed by atoms with Crippen molar-refractivity contribution >= 4 is 23.2 Å². The van der Waals surface area contributed by atoms with E-state index in [2.05, 4.69) is 10.3 Å². The summed E-state index contributed by atoms with van der Waals surface area (Å²) >= 11 is 0.499. The van der Waals surface area contributed by atoms with Crippen molar-refractivity contribution in [3.63, 3.8) is 0 Å². The molecule has 1 aliphatic rings. The summed E-state index contributed by atoms with van der Waals surface area (Å²) in [7, 11) is 0. The molecule has 15 heteroatoms. The zero-order chi connectivity index (χ0) is 28.8. The summed E-state index contributed by atoms with van der Waals surface area (Å²) in [5, 5.41) is 21.5. The Morgan fingerprint density at radius 1 is 1.13 bits per heavy atom. The van der Waals surface area contributed by atoms with Gasteiger partial charge in [-0.1, -0.05) is 12.1 Å². The Labute approximate surface area is 216 Å². The highest BCUT2D eigenvalue weighted by molar-refractivity contribution is 7.17. The minimum Gasteiger partial charge on any atom is -0.389 e. The van der Waals surface area contributed by atoms with Gasteiger partial charge in [0.1, 0.15) is 11.5 Å². The maximum atomic E-state index is 15.1. The molecule has 1 fully saturated rings. The number of nitrogens with one attached hydrogen (secondary N) is 1. The average molecular weight is 572 g/mol. The maximum absolute atomic E-state index is 15.1. The van der Waals surface area contributed by atoms with E-state index in [1.54, 1.807) is 6.92 Å². The van der Waals surface area contributed by atoms with E-state index in [0.29, 0.717) is 36.8 Å². The zero-order valence-corrected chi connectivity index (χ0v) is 21.1. The number of alkyl halides is 6. The monoisotopic (exact) mass is 571 g/mol. The molecule has 1 atom stereocenters. The fourth-order valence-electron chi connectivity index (χ4n) is 3.90. The molecule has 1 aliphatic heterocycles. The van der Waals surface area contributed by atoms with Crippen molar-refractivity contribution < 1.29 is 50.5 Å². The van der Waals surface area contributed by atoms with Crippen LogP contribution in [0.2, 0.25) is 0 Å². The van der Waals surface area contributed by atoms with Crippen LogP contribution in [-0.2, 0) is 5.60 Å². The molecule has 2 heterocycles. The number of hydrogen-bond acceptors (Lipinski definition) is 6. The summed E-state index contributed by atoms with van der Waals surface area (Å²) in [6.07, 6.45) is -11.1. The fraction of sp³-hybridized carbons (Fsp3) is 0.522. The first-order valence-electron chi connectivity index (χ1n) is 11.3. The van der Waals surface area contributed by atoms with Crippen LogP contribution in [0.25, 0.3) is 10.4 Å². The van der Waals surface area contributed by atoms with Crippen LogP contribution in [-0.4, -0.2) is 69.0 Å². The molecule has 1 aromatic carbocycles. The summed E-state index contributed by atoms with van der Waals surface area (Å²) in [5.41, 5.74) is -9.47. The number of amides is 2. The molecular weight excluding hydrogens is 547 g/mol. The molecular formula is C23H24F7N3O4S. The first kappa shape index (κ1) is 29.8. The van der Waals surface area contributed by atoms with Crippen LogP contribution in [0.1, 0.15) is 59.5 Å². The normalized spacial score (nSPS) is 17.2. The number of carbonyl (C=O) groups excluding carboxylic acids is 2. The molecule has 2 aromatic rings. The maximum Gasteiger partial charge on any atom is 0.430 e. The number of nitrogens with zero attached hydrogens (tertiary/aromatic N) is 2. The van der Waals surface area contributed by atoms with E-state index in [0.717, 1.165) is 0 Å². The fourth-order valence-corrected chi connectivity index (χ4v) is 4.90. The van der Waals surface area contributed by atoms with Gasteiger partial charge >= 0.3 is 12.4 Å². The number of thiazole rings is 1. The van der Waals surface area contributed by atoms with Gasteiger partial charge in [0.05, 0.1) is 10.5 Å². The molecule has 1 saturated heterocycles. The summed E-state index contributed by atoms with van der Waals surface area (Å²) < 4.78 is 94.7. The van der Waals surface area contributed by atoms with Crippen molar-refractivity contribution in [2.45, 2.75) is 63.2 Å². The standard InChI is InChI=1S/C23H24F7N3O4S/c1-11-5-4-8-33(11)19(35)15-16(38-18(32-15)17(34)31-10-20(2,3)36)13-7-6-12(9-14(13)24)21(37,22(25,26)27)23(28,29)30/h6-7,9,11,36-37H,4-5,8,10H2,1-3H3,(H,31,34). The Morgan fingerprint density at radius 2 is 1.74 bits per heavy atom. The molecule has 1 aromatic heterocycles. The molecule has 210 valence electrons. The topological polar surface area (TPSA) is 103 Å². The number of aromatic nitrogens is 1. The largest absolute Gasteiger partial charge is 0.430 e. The van der Waals surface area contributed by atoms with E-state index in [4.69, 9.17) is 0 Å². The Morgan fingerprint density at radius 3 is 2.21 bits per heavy atom. The SMILES string of the molecule is CC1CCCN1C(=O)c1nc(C(=O)NCC(C)(C)O)sc1-c1ccc(C(O)(C(F)(F)F)C(F)(F)F)cc1F. The first-order valence-corrected chi connectivity index (χ1v) is 12.1. The molecule has 7 nitrogen and oxygen atoms in total. The number of aliphatic hydroxyl groups is 2. The van der Waals surface area contributed by atoms with Gasteiger partial charge in [0.25, 0.3) is 17.4 Å². The second-order valence-electron chi connectivity index (χ2n) is 9.58. The number of carbonyl (C=O) groups is 2. The van der Waals surface area contributed by atoms with E-state index in [1.165, 1.54) is 18.7 Å². The quantitative estimate of drug-likeness (QED) is 0.447. The minimum atomic E-state index is -6.22. The third-order valence-corrected chi connectivity index (χ3v) is 7.06. The van der Waals surface area contributed by atoms with Crippen molar-refractivity contribution in [3.8, 4) is 10.4 Å². The van der Waals surface area contributed by atoms with Crippen LogP contribution in [0, 0.1) is 5.82 Å². The molecule has 0 radical (unpaired) electrons. The van der Waals surface area contributed by atoms with Gasteiger partial charge in [-0.05, 0) is 39.7 Å². The summed E-state index contributed by atoms with van der Waals surface area (Å²) in [6, 6.07) is 0.463. The zero-order valence-electron chi connectivity index (χ0n) is 20.3. The second-order valence-corrected chi connectivity index (χ2v) is 10.6. The van der Waals surface area contributed by atoms with Crippen LogP contribution in [0.3, 0.4) is 0 Å². The van der Waals surface area contributed by atoms with Gasteiger partial charge in [-0.3, -0.25) is 9.59 Å². The van der Waals surface area contributed by atoms with E-state index >= 15 is 4.39 Å². The van der Waals surface area contributed by atoms with E-state index in [1.807, 2.05) is 0 Å². The van der Waals surface area contributed by atoms with Gasteiger partial charge in [0, 0.05) is 30.3 Å². The Balaban J connectivity index is 2.12. The van der Waals surface area contributed by atoms with Crippen LogP contribution in [0.5, 0.6) is 0 Å². The Hall–Kier alpha value is -2.78. The summed E-state index contributed by atoms with van der Waals surface area (Å²) in [5.74, 6) is -3.15. The van der Waals surface area contributed by atoms with Gasteiger partial charge in [0.15, 0.2) is 5.01 Å². The summed E-state index contributed by atoms with van der Waals surface area (Å²) in [6.45, 7) is 4.67. The third-order valence-electron chi connectivity index (χ3n) is 5.97. The number of likely N-dealkylation sites (tertiary alicyclic amines) is 1. The highest BCUT2D eigenvalue weighted by Gasteiger charge is 2.71. The lowest BCUT2D eigenvalue weighted by atomic mass is 9.91. The minimum absolute atomic E-state index is 0.114. The predicted octanol–water partition coefficient (Wildman–Crippen LogP) is 4.39. The van der Waals surface area contributed by atoms with E-state index in [9.17, 15) is 46.1 Å². The lowest BCUT2D eigenvalue weighted by molar-refractivity contribution is -0.376. The van der Waals surface area contributed by atoms with E-state index < -0.39 is 58.0 Å². The molecule has 1 unspecified atom stereocenters. The van der Waals surface area contributed by atoms with Crippen LogP contribution in [0.4, 0.5) is 30.7 Å². The van der Waals surface area contributed by atoms with Crippen LogP contribution in [0.15, 0.2) is 18.2 Å². The smallest absolute Gasteiger partial charge is 0.389 e. The Kier molecular flexibility index (Phi) is 7.89. The van der Waals surface area contributed by atoms with Crippen molar-refractivity contribution in [2.24, 2.45) is 0 Å². The average Bonchev–Trinajstić information content (AvgIpc) is 3.41. The molecule has 3 N–H and O–H groups in total. The molecule has 0 aliphatic carbocycles. The van der Waals surface area contributed by atoms with E-state index in [-0.39, 0.29) is 34.6 Å². The Bertz CT molecular complexity index is 1210. The van der Waals surface area contributed by atoms with Gasteiger partial charge in [-0.2, -0.15) is 26.3 Å². The molecule has 0 spiro atoms. The number of hydrogen-bond donors (Lipinski definition) is 3. The number of halogens is 7. The van der Waals surface area contributed by atoms with Crippen molar-refractivity contribution in [3.05, 3.63) is 40.3 Å². The van der Waals surface area contributed by atoms with Gasteiger partial charge in [-0.15, -0.1) is 11.3 Å². The van der Waals surface area contributed by atoms with Crippen LogP contribution < -0.4 is 5.32 Å². The van der Waals surface area contributed by atoms with Crippen molar-refractivity contribution in [1.29, 1.82) is 0 Å². The molecule has 0 bridgehead atoms. The predicted molar refractivity (Wildman–Crippen MR) is 122 cm³/mol. The molecule has 3 rings (SSSR count). The van der Waals surface area contributed by atoms with Gasteiger partial charge < -0.3 is 20.4 Å². The van der Waals surface area contributed by atoms with Gasteiger partial charge in [-0.25, -0.2) is 9.37 Å². The molecule has 0 saturated carbocycles. The first-order chi connectivity index (χ1) is 17.3. The molecule has 38 heavy (non-hydrogen) atoms. The van der Waals surface area contributed by atoms with Crippen molar-refractivity contribution in [1.82, 2.24) is 15.2 Å². The molecule has 2 amide bonds. The lowest BCUT2D eigenvalue weighted by Crippen LogP contribution is -2.53. The lowest BCUT2D eigenvalue weighted by Gasteiger charge is -2.32. The summed E-state index contributed by atoms with van der Waals surface area (Å²) in [4.78, 5) is 31.0. The van der Waals surface area contributed by atoms with Crippen molar-refractivity contribution in [2.75, 3.05) is 13.1 Å². The highest BCUT2D eigenvalue weighted by atomic mass is 32.1.